The smallest absolute Gasteiger partial charge is 0.252 e. The topological polar surface area (TPSA) is 93.1 Å². The molecule has 0 unspecified atom stereocenters. The van der Waals surface area contributed by atoms with Crippen LogP contribution in [0.3, 0.4) is 0 Å². The Hall–Kier alpha value is -1.61. The van der Waals surface area contributed by atoms with Gasteiger partial charge in [-0.05, 0) is 48.8 Å². The lowest BCUT2D eigenvalue weighted by atomic mass is 9.63. The number of benzene rings is 1. The van der Waals surface area contributed by atoms with E-state index in [0.29, 0.717) is 40.9 Å². The zero-order valence-corrected chi connectivity index (χ0v) is 18.9. The number of nitrogens with zero attached hydrogens (tertiary/aromatic N) is 2. The number of hydrogen-bond donors (Lipinski definition) is 2. The maximum atomic E-state index is 12.6. The molecule has 10 heteroatoms. The third-order valence-electron chi connectivity index (χ3n) is 5.89. The summed E-state index contributed by atoms with van der Waals surface area (Å²) in [7, 11) is -1.92. The number of sulfonamides is 1. The Balaban J connectivity index is 1.38. The van der Waals surface area contributed by atoms with Gasteiger partial charge in [-0.3, -0.25) is 9.48 Å². The predicted molar refractivity (Wildman–Crippen MR) is 115 cm³/mol. The van der Waals surface area contributed by atoms with E-state index in [1.165, 1.54) is 29.9 Å². The van der Waals surface area contributed by atoms with E-state index in [-0.39, 0.29) is 22.3 Å². The number of hydrogen-bond acceptors (Lipinski definition) is 4. The van der Waals surface area contributed by atoms with Crippen LogP contribution in [0, 0.1) is 11.3 Å². The van der Waals surface area contributed by atoms with Gasteiger partial charge in [-0.25, -0.2) is 13.1 Å². The van der Waals surface area contributed by atoms with E-state index in [9.17, 15) is 13.2 Å². The molecule has 2 aromatic rings. The van der Waals surface area contributed by atoms with Crippen molar-refractivity contribution in [3.8, 4) is 0 Å². The summed E-state index contributed by atoms with van der Waals surface area (Å²) >= 11 is 12.0. The number of nitrogens with one attached hydrogen (secondary N) is 2. The predicted octanol–water partition coefficient (Wildman–Crippen LogP) is 3.38. The SMILES string of the molecule is Cn1cc(S(=O)(=O)N[C@H]2C[C@](CNC(=O)c3ccc(Cl)cc3Cl)(CC3CC3)C2)cn1. The van der Waals surface area contributed by atoms with Crippen LogP contribution in [0.15, 0.2) is 35.5 Å². The molecule has 1 aromatic carbocycles. The molecule has 162 valence electrons. The highest BCUT2D eigenvalue weighted by atomic mass is 35.5. The molecule has 1 heterocycles. The van der Waals surface area contributed by atoms with Crippen LogP contribution in [0.5, 0.6) is 0 Å². The summed E-state index contributed by atoms with van der Waals surface area (Å²) in [5, 5.41) is 7.72. The first-order chi connectivity index (χ1) is 14.2. The van der Waals surface area contributed by atoms with E-state index in [2.05, 4.69) is 15.1 Å². The van der Waals surface area contributed by atoms with Gasteiger partial charge in [0.1, 0.15) is 4.90 Å². The minimum atomic E-state index is -3.60. The van der Waals surface area contributed by atoms with Gasteiger partial charge in [0.15, 0.2) is 0 Å². The molecule has 30 heavy (non-hydrogen) atoms. The maximum absolute atomic E-state index is 12.6. The fraction of sp³-hybridized carbons (Fsp3) is 0.500. The summed E-state index contributed by atoms with van der Waals surface area (Å²) in [6.45, 7) is 0.492. The Morgan fingerprint density at radius 3 is 2.63 bits per heavy atom. The van der Waals surface area contributed by atoms with Crippen molar-refractivity contribution in [2.45, 2.75) is 43.0 Å². The van der Waals surface area contributed by atoms with E-state index in [1.54, 1.807) is 25.2 Å². The molecule has 2 N–H and O–H groups in total. The molecular weight excluding hydrogens is 447 g/mol. The molecule has 0 atom stereocenters. The van der Waals surface area contributed by atoms with Crippen LogP contribution in [0.4, 0.5) is 0 Å². The molecule has 0 spiro atoms. The second-order valence-electron chi connectivity index (χ2n) is 8.53. The minimum absolute atomic E-state index is 0.0994. The third kappa shape index (κ3) is 4.82. The third-order valence-corrected chi connectivity index (χ3v) is 7.91. The number of aryl methyl sites for hydroxylation is 1. The molecule has 0 bridgehead atoms. The van der Waals surface area contributed by atoms with Crippen molar-refractivity contribution in [1.29, 1.82) is 0 Å². The normalized spacial score (nSPS) is 23.8. The van der Waals surface area contributed by atoms with Crippen molar-refractivity contribution in [3.05, 3.63) is 46.2 Å². The Morgan fingerprint density at radius 2 is 2.03 bits per heavy atom. The fourth-order valence-electron chi connectivity index (χ4n) is 4.25. The van der Waals surface area contributed by atoms with Crippen molar-refractivity contribution < 1.29 is 13.2 Å². The van der Waals surface area contributed by atoms with Gasteiger partial charge in [0.05, 0.1) is 16.8 Å². The lowest BCUT2D eigenvalue weighted by molar-refractivity contribution is 0.0661. The van der Waals surface area contributed by atoms with Crippen molar-refractivity contribution in [2.24, 2.45) is 18.4 Å². The number of halogens is 2. The van der Waals surface area contributed by atoms with Gasteiger partial charge < -0.3 is 5.32 Å². The number of carbonyl (C=O) groups excluding carboxylic acids is 1. The summed E-state index contributed by atoms with van der Waals surface area (Å²) in [5.41, 5.74) is 0.286. The van der Waals surface area contributed by atoms with Gasteiger partial charge in [-0.1, -0.05) is 36.0 Å². The summed E-state index contributed by atoms with van der Waals surface area (Å²) in [6, 6.07) is 4.64. The molecule has 7 nitrogen and oxygen atoms in total. The lowest BCUT2D eigenvalue weighted by Gasteiger charge is -2.48. The van der Waals surface area contributed by atoms with Gasteiger partial charge in [0.2, 0.25) is 10.0 Å². The van der Waals surface area contributed by atoms with Crippen LogP contribution in [0.25, 0.3) is 0 Å². The molecule has 1 aromatic heterocycles. The first-order valence-electron chi connectivity index (χ1n) is 9.90. The summed E-state index contributed by atoms with van der Waals surface area (Å²) in [6.07, 6.45) is 7.60. The Labute approximate surface area is 186 Å². The standard InChI is InChI=1S/C20H24Cl2N4O3S/c1-26-11-16(10-24-26)30(28,29)25-15-8-20(9-15,7-13-2-3-13)12-23-19(27)17-5-4-14(21)6-18(17)22/h4-6,10-11,13,15,25H,2-3,7-9,12H2,1H3,(H,23,27)/t15-,20+. The Morgan fingerprint density at radius 1 is 1.30 bits per heavy atom. The monoisotopic (exact) mass is 470 g/mol. The van der Waals surface area contributed by atoms with Crippen LogP contribution in [-0.2, 0) is 17.1 Å². The van der Waals surface area contributed by atoms with Gasteiger partial charge in [-0.2, -0.15) is 5.10 Å². The highest BCUT2D eigenvalue weighted by Gasteiger charge is 2.48. The number of carbonyl (C=O) groups is 1. The zero-order valence-electron chi connectivity index (χ0n) is 16.6. The first-order valence-corrected chi connectivity index (χ1v) is 12.1. The Kier molecular flexibility index (Phi) is 5.87. The largest absolute Gasteiger partial charge is 0.351 e. The molecule has 4 rings (SSSR count). The molecule has 0 saturated heterocycles. The van der Waals surface area contributed by atoms with Crippen molar-refractivity contribution >= 4 is 39.1 Å². The quantitative estimate of drug-likeness (QED) is 0.618. The van der Waals surface area contributed by atoms with Crippen LogP contribution >= 0.6 is 23.2 Å². The molecule has 0 radical (unpaired) electrons. The van der Waals surface area contributed by atoms with Crippen molar-refractivity contribution in [3.63, 3.8) is 0 Å². The average molecular weight is 471 g/mol. The number of aromatic nitrogens is 2. The average Bonchev–Trinajstić information content (AvgIpc) is 3.34. The van der Waals surface area contributed by atoms with Crippen molar-refractivity contribution in [2.75, 3.05) is 6.54 Å². The van der Waals surface area contributed by atoms with Crippen molar-refractivity contribution in [1.82, 2.24) is 19.8 Å². The molecule has 2 saturated carbocycles. The molecule has 2 aliphatic rings. The molecule has 0 aliphatic heterocycles. The van der Waals surface area contributed by atoms with Crippen LogP contribution in [0.1, 0.15) is 42.5 Å². The zero-order chi connectivity index (χ0) is 21.5. The van der Waals surface area contributed by atoms with E-state index in [0.717, 1.165) is 6.42 Å². The summed E-state index contributed by atoms with van der Waals surface area (Å²) < 4.78 is 29.3. The van der Waals surface area contributed by atoms with Gasteiger partial charge >= 0.3 is 0 Å². The first kappa shape index (κ1) is 21.6. The fourth-order valence-corrected chi connectivity index (χ4v) is 5.96. The minimum Gasteiger partial charge on any atom is -0.351 e. The number of amides is 1. The molecular formula is C20H24Cl2N4O3S. The molecule has 2 fully saturated rings. The second kappa shape index (κ2) is 8.15. The highest BCUT2D eigenvalue weighted by Crippen LogP contribution is 2.51. The molecule has 1 amide bonds. The van der Waals surface area contributed by atoms with Gasteiger partial charge in [-0.15, -0.1) is 0 Å². The van der Waals surface area contributed by atoms with Crippen LogP contribution in [0.2, 0.25) is 10.0 Å². The summed E-state index contributed by atoms with van der Waals surface area (Å²) in [4.78, 5) is 12.8. The van der Waals surface area contributed by atoms with E-state index < -0.39 is 10.0 Å². The Bertz CT molecular complexity index is 1060. The maximum Gasteiger partial charge on any atom is 0.252 e. The van der Waals surface area contributed by atoms with Crippen LogP contribution in [-0.4, -0.2) is 36.7 Å². The highest BCUT2D eigenvalue weighted by molar-refractivity contribution is 7.89. The lowest BCUT2D eigenvalue weighted by Crippen LogP contribution is -2.55. The van der Waals surface area contributed by atoms with E-state index >= 15 is 0 Å². The molecule has 2 aliphatic carbocycles. The van der Waals surface area contributed by atoms with E-state index in [1.807, 2.05) is 0 Å². The second-order valence-corrected chi connectivity index (χ2v) is 11.1. The van der Waals surface area contributed by atoms with Crippen LogP contribution < -0.4 is 10.0 Å². The number of rotatable bonds is 8. The van der Waals surface area contributed by atoms with Gasteiger partial charge in [0.25, 0.3) is 5.91 Å². The van der Waals surface area contributed by atoms with E-state index in [4.69, 9.17) is 23.2 Å². The summed E-state index contributed by atoms with van der Waals surface area (Å²) in [5.74, 6) is 0.420. The van der Waals surface area contributed by atoms with Gasteiger partial charge in [0, 0.05) is 30.9 Å².